The van der Waals surface area contributed by atoms with Crippen LogP contribution in [0.1, 0.15) is 49.7 Å². The van der Waals surface area contributed by atoms with Crippen molar-refractivity contribution in [2.45, 2.75) is 51.5 Å². The molecule has 1 unspecified atom stereocenters. The maximum atomic E-state index is 12.5. The zero-order valence-corrected chi connectivity index (χ0v) is 14.9. The first-order valence-electron chi connectivity index (χ1n) is 9.51. The molecule has 4 heteroatoms. The highest BCUT2D eigenvalue weighted by Gasteiger charge is 2.20. The molecule has 1 atom stereocenters. The summed E-state index contributed by atoms with van der Waals surface area (Å²) >= 11 is 0. The second-order valence-corrected chi connectivity index (χ2v) is 7.06. The predicted octanol–water partition coefficient (Wildman–Crippen LogP) is 3.21. The Kier molecular flexibility index (Phi) is 6.26. The lowest BCUT2D eigenvalue weighted by Gasteiger charge is -2.21. The molecule has 2 amide bonds. The van der Waals surface area contributed by atoms with Gasteiger partial charge in [-0.25, -0.2) is 0 Å². The molecule has 0 fully saturated rings. The van der Waals surface area contributed by atoms with Crippen molar-refractivity contribution in [2.75, 3.05) is 13.1 Å². The van der Waals surface area contributed by atoms with Crippen LogP contribution in [0.2, 0.25) is 0 Å². The molecule has 0 saturated carbocycles. The van der Waals surface area contributed by atoms with Gasteiger partial charge in [0.1, 0.15) is 0 Å². The predicted molar refractivity (Wildman–Crippen MR) is 98.9 cm³/mol. The monoisotopic (exact) mass is 340 g/mol. The number of aryl methyl sites for hydroxylation is 1. The summed E-state index contributed by atoms with van der Waals surface area (Å²) in [5.41, 5.74) is 2.64. The second kappa shape index (κ2) is 8.84. The van der Waals surface area contributed by atoms with Crippen LogP contribution in [0.4, 0.5) is 0 Å². The van der Waals surface area contributed by atoms with Crippen molar-refractivity contribution in [3.8, 4) is 0 Å². The Morgan fingerprint density at radius 1 is 1.16 bits per heavy atom. The van der Waals surface area contributed by atoms with Crippen molar-refractivity contribution < 1.29 is 9.59 Å². The number of carbonyl (C=O) groups is 2. The van der Waals surface area contributed by atoms with Crippen LogP contribution in [-0.4, -0.2) is 29.8 Å². The molecular weight excluding hydrogens is 312 g/mol. The number of amides is 2. The molecule has 2 aliphatic rings. The Morgan fingerprint density at radius 2 is 2.00 bits per heavy atom. The minimum absolute atomic E-state index is 0.114. The van der Waals surface area contributed by atoms with E-state index in [4.69, 9.17) is 0 Å². The number of hydrogen-bond donors (Lipinski definition) is 1. The number of rotatable bonds is 5. The van der Waals surface area contributed by atoms with Crippen LogP contribution >= 0.6 is 0 Å². The zero-order valence-electron chi connectivity index (χ0n) is 14.9. The van der Waals surface area contributed by atoms with Gasteiger partial charge in [0.05, 0.1) is 0 Å². The Balaban J connectivity index is 1.40. The third-order valence-corrected chi connectivity index (χ3v) is 5.21. The summed E-state index contributed by atoms with van der Waals surface area (Å²) in [5.74, 6) is 0.454. The third-order valence-electron chi connectivity index (χ3n) is 5.21. The van der Waals surface area contributed by atoms with Crippen LogP contribution in [0.15, 0.2) is 36.4 Å². The van der Waals surface area contributed by atoms with E-state index in [1.807, 2.05) is 11.0 Å². The molecule has 0 radical (unpaired) electrons. The van der Waals surface area contributed by atoms with E-state index in [9.17, 15) is 9.59 Å². The molecular formula is C21H28N2O2. The standard InChI is InChI=1S/C21H28N2O2/c24-20(13-6-14-22-21(25)18-9-2-1-3-10-18)23-15-7-12-17-8-4-5-11-19(17)16-23/h1-2,4-5,8,11,18H,3,6-7,9-10,12-16H2,(H,22,25). The Labute approximate surface area is 150 Å². The minimum atomic E-state index is 0.114. The van der Waals surface area contributed by atoms with E-state index < -0.39 is 0 Å². The van der Waals surface area contributed by atoms with Gasteiger partial charge in [-0.1, -0.05) is 36.4 Å². The number of nitrogens with one attached hydrogen (secondary N) is 1. The quantitative estimate of drug-likeness (QED) is 0.661. The highest BCUT2D eigenvalue weighted by Crippen LogP contribution is 2.20. The van der Waals surface area contributed by atoms with Gasteiger partial charge in [0, 0.05) is 32.0 Å². The van der Waals surface area contributed by atoms with Crippen LogP contribution in [0, 0.1) is 5.92 Å². The number of carbonyl (C=O) groups excluding carboxylic acids is 2. The summed E-state index contributed by atoms with van der Waals surface area (Å²) in [6.45, 7) is 2.14. The lowest BCUT2D eigenvalue weighted by atomic mass is 9.94. The molecule has 1 aliphatic carbocycles. The number of hydrogen-bond acceptors (Lipinski definition) is 2. The highest BCUT2D eigenvalue weighted by atomic mass is 16.2. The first-order chi connectivity index (χ1) is 12.2. The van der Waals surface area contributed by atoms with E-state index >= 15 is 0 Å². The van der Waals surface area contributed by atoms with Gasteiger partial charge >= 0.3 is 0 Å². The Hall–Kier alpha value is -2.10. The molecule has 1 aromatic carbocycles. The lowest BCUT2D eigenvalue weighted by Crippen LogP contribution is -2.34. The maximum absolute atomic E-state index is 12.5. The third kappa shape index (κ3) is 4.94. The van der Waals surface area contributed by atoms with Crippen LogP contribution in [-0.2, 0) is 22.6 Å². The van der Waals surface area contributed by atoms with Gasteiger partial charge in [0.15, 0.2) is 0 Å². The van der Waals surface area contributed by atoms with Gasteiger partial charge in [0.25, 0.3) is 0 Å². The fraction of sp³-hybridized carbons (Fsp3) is 0.524. The summed E-state index contributed by atoms with van der Waals surface area (Å²) in [4.78, 5) is 26.6. The topological polar surface area (TPSA) is 49.4 Å². The number of benzene rings is 1. The van der Waals surface area contributed by atoms with Gasteiger partial charge in [-0.2, -0.15) is 0 Å². The van der Waals surface area contributed by atoms with E-state index in [-0.39, 0.29) is 17.7 Å². The normalized spacial score (nSPS) is 19.8. The Morgan fingerprint density at radius 3 is 2.80 bits per heavy atom. The molecule has 4 nitrogen and oxygen atoms in total. The highest BCUT2D eigenvalue weighted by molar-refractivity contribution is 5.79. The largest absolute Gasteiger partial charge is 0.356 e. The van der Waals surface area contributed by atoms with Crippen LogP contribution in [0.25, 0.3) is 0 Å². The summed E-state index contributed by atoms with van der Waals surface area (Å²) < 4.78 is 0. The van der Waals surface area contributed by atoms with Crippen molar-refractivity contribution in [1.82, 2.24) is 10.2 Å². The molecule has 1 heterocycles. The van der Waals surface area contributed by atoms with E-state index in [2.05, 4.69) is 35.7 Å². The summed E-state index contributed by atoms with van der Waals surface area (Å²) in [7, 11) is 0. The zero-order chi connectivity index (χ0) is 17.5. The van der Waals surface area contributed by atoms with Gasteiger partial charge in [-0.15, -0.1) is 0 Å². The van der Waals surface area contributed by atoms with Crippen LogP contribution in [0.5, 0.6) is 0 Å². The number of allylic oxidation sites excluding steroid dienone is 2. The van der Waals surface area contributed by atoms with E-state index in [0.29, 0.717) is 19.4 Å². The fourth-order valence-corrected chi connectivity index (χ4v) is 3.70. The van der Waals surface area contributed by atoms with Gasteiger partial charge < -0.3 is 10.2 Å². The molecule has 0 aromatic heterocycles. The van der Waals surface area contributed by atoms with Crippen molar-refractivity contribution in [1.29, 1.82) is 0 Å². The fourth-order valence-electron chi connectivity index (χ4n) is 3.70. The minimum Gasteiger partial charge on any atom is -0.356 e. The molecule has 0 bridgehead atoms. The van der Waals surface area contributed by atoms with E-state index in [1.165, 1.54) is 11.1 Å². The Bertz CT molecular complexity index is 639. The smallest absolute Gasteiger partial charge is 0.223 e. The molecule has 134 valence electrons. The van der Waals surface area contributed by atoms with E-state index in [1.54, 1.807) is 0 Å². The molecule has 0 spiro atoms. The molecule has 0 saturated heterocycles. The van der Waals surface area contributed by atoms with Crippen LogP contribution < -0.4 is 5.32 Å². The summed E-state index contributed by atoms with van der Waals surface area (Å²) in [6.07, 6.45) is 10.3. The molecule has 1 aliphatic heterocycles. The van der Waals surface area contributed by atoms with E-state index in [0.717, 1.165) is 45.2 Å². The van der Waals surface area contributed by atoms with Crippen molar-refractivity contribution >= 4 is 11.8 Å². The summed E-state index contributed by atoms with van der Waals surface area (Å²) in [5, 5.41) is 3.00. The molecule has 1 N–H and O–H groups in total. The lowest BCUT2D eigenvalue weighted by molar-refractivity contribution is -0.132. The average Bonchev–Trinajstić information content (AvgIpc) is 2.88. The van der Waals surface area contributed by atoms with Gasteiger partial charge in [0.2, 0.25) is 11.8 Å². The molecule has 3 rings (SSSR count). The first kappa shape index (κ1) is 17.7. The first-order valence-corrected chi connectivity index (χ1v) is 9.51. The second-order valence-electron chi connectivity index (χ2n) is 7.06. The number of nitrogens with zero attached hydrogens (tertiary/aromatic N) is 1. The number of fused-ring (bicyclic) bond motifs is 1. The van der Waals surface area contributed by atoms with Crippen molar-refractivity contribution in [3.63, 3.8) is 0 Å². The average molecular weight is 340 g/mol. The van der Waals surface area contributed by atoms with Crippen LogP contribution in [0.3, 0.4) is 0 Å². The maximum Gasteiger partial charge on any atom is 0.223 e. The molecule has 1 aromatic rings. The summed E-state index contributed by atoms with van der Waals surface area (Å²) in [6, 6.07) is 8.41. The van der Waals surface area contributed by atoms with Crippen molar-refractivity contribution in [3.05, 3.63) is 47.5 Å². The van der Waals surface area contributed by atoms with Crippen molar-refractivity contribution in [2.24, 2.45) is 5.92 Å². The van der Waals surface area contributed by atoms with Gasteiger partial charge in [-0.3, -0.25) is 9.59 Å². The van der Waals surface area contributed by atoms with Gasteiger partial charge in [-0.05, 0) is 49.7 Å². The molecule has 25 heavy (non-hydrogen) atoms. The SMILES string of the molecule is O=C(NCCCC(=O)N1CCCc2ccccc2C1)C1CC=CCC1.